The van der Waals surface area contributed by atoms with E-state index >= 15 is 0 Å². The largest absolute Gasteiger partial charge is 0.385 e. The van der Waals surface area contributed by atoms with Crippen LogP contribution in [-0.4, -0.2) is 49.6 Å². The molecule has 0 aliphatic carbocycles. The van der Waals surface area contributed by atoms with Crippen LogP contribution in [0.2, 0.25) is 0 Å². The molecule has 14 heavy (non-hydrogen) atoms. The first-order valence-corrected chi connectivity index (χ1v) is 4.73. The lowest BCUT2D eigenvalue weighted by Crippen LogP contribution is -2.57. The predicted molar refractivity (Wildman–Crippen MR) is 50.7 cm³/mol. The Labute approximate surface area is 83.4 Å². The number of methoxy groups -OCH3 is 1. The number of ether oxygens (including phenoxy) is 1. The molecule has 1 fully saturated rings. The minimum atomic E-state index is -0.354. The number of rotatable bonds is 4. The Bertz CT molecular complexity index is 230. The molecule has 0 radical (unpaired) electrons. The Balaban J connectivity index is 2.46. The summed E-state index contributed by atoms with van der Waals surface area (Å²) in [7, 11) is 1.62. The van der Waals surface area contributed by atoms with Gasteiger partial charge in [-0.1, -0.05) is 0 Å². The first kappa shape index (κ1) is 11.0. The van der Waals surface area contributed by atoms with Gasteiger partial charge in [-0.05, 0) is 13.3 Å². The van der Waals surface area contributed by atoms with Crippen LogP contribution < -0.4 is 5.32 Å². The van der Waals surface area contributed by atoms with E-state index in [1.54, 1.807) is 18.9 Å². The Hall–Kier alpha value is -1.10. The van der Waals surface area contributed by atoms with Gasteiger partial charge >= 0.3 is 0 Å². The summed E-state index contributed by atoms with van der Waals surface area (Å²) in [5.41, 5.74) is 0. The third kappa shape index (κ3) is 2.45. The molecule has 1 rings (SSSR count). The molecule has 1 unspecified atom stereocenters. The highest BCUT2D eigenvalue weighted by Gasteiger charge is 2.29. The quantitative estimate of drug-likeness (QED) is 0.615. The number of nitrogens with one attached hydrogen (secondary N) is 1. The molecular weight excluding hydrogens is 184 g/mol. The summed E-state index contributed by atoms with van der Waals surface area (Å²) < 4.78 is 4.89. The summed E-state index contributed by atoms with van der Waals surface area (Å²) in [6.45, 7) is 3.05. The summed E-state index contributed by atoms with van der Waals surface area (Å²) in [4.78, 5) is 24.3. The fourth-order valence-corrected chi connectivity index (χ4v) is 1.47. The molecule has 0 bridgehead atoms. The highest BCUT2D eigenvalue weighted by atomic mass is 16.5. The van der Waals surface area contributed by atoms with Crippen LogP contribution in [-0.2, 0) is 14.3 Å². The average Bonchev–Trinajstić information content (AvgIpc) is 2.18. The van der Waals surface area contributed by atoms with Crippen molar-refractivity contribution in [2.24, 2.45) is 0 Å². The van der Waals surface area contributed by atoms with Gasteiger partial charge < -0.3 is 15.0 Å². The standard InChI is InChI=1S/C9H16N2O3/c1-7-9(13)10-6-8(12)11(7)4-3-5-14-2/h7H,3-6H2,1-2H3,(H,10,13). The first-order valence-electron chi connectivity index (χ1n) is 4.73. The van der Waals surface area contributed by atoms with Crippen molar-refractivity contribution in [2.45, 2.75) is 19.4 Å². The van der Waals surface area contributed by atoms with E-state index in [1.165, 1.54) is 0 Å². The molecule has 1 aliphatic rings. The van der Waals surface area contributed by atoms with Crippen LogP contribution in [0.1, 0.15) is 13.3 Å². The Morgan fingerprint density at radius 3 is 2.93 bits per heavy atom. The number of carbonyl (C=O) groups is 2. The zero-order valence-electron chi connectivity index (χ0n) is 8.58. The molecule has 80 valence electrons. The van der Waals surface area contributed by atoms with Gasteiger partial charge in [0.1, 0.15) is 6.04 Å². The van der Waals surface area contributed by atoms with Crippen LogP contribution in [0.5, 0.6) is 0 Å². The van der Waals surface area contributed by atoms with Gasteiger partial charge in [0.2, 0.25) is 11.8 Å². The third-order valence-electron chi connectivity index (χ3n) is 2.33. The monoisotopic (exact) mass is 200 g/mol. The van der Waals surface area contributed by atoms with Crippen LogP contribution >= 0.6 is 0 Å². The summed E-state index contributed by atoms with van der Waals surface area (Å²) in [6.07, 6.45) is 0.764. The van der Waals surface area contributed by atoms with Crippen LogP contribution in [0.25, 0.3) is 0 Å². The molecule has 0 aromatic heterocycles. The molecular formula is C9H16N2O3. The molecule has 1 atom stereocenters. The highest BCUT2D eigenvalue weighted by molar-refractivity contribution is 5.94. The maximum Gasteiger partial charge on any atom is 0.242 e. The van der Waals surface area contributed by atoms with Crippen LogP contribution in [0.3, 0.4) is 0 Å². The van der Waals surface area contributed by atoms with Gasteiger partial charge in [-0.15, -0.1) is 0 Å². The van der Waals surface area contributed by atoms with Gasteiger partial charge in [-0.2, -0.15) is 0 Å². The zero-order chi connectivity index (χ0) is 10.6. The van der Waals surface area contributed by atoms with Gasteiger partial charge in [-0.3, -0.25) is 9.59 Å². The third-order valence-corrected chi connectivity index (χ3v) is 2.33. The lowest BCUT2D eigenvalue weighted by molar-refractivity contribution is -0.145. The van der Waals surface area contributed by atoms with Crippen molar-refractivity contribution >= 4 is 11.8 Å². The topological polar surface area (TPSA) is 58.6 Å². The van der Waals surface area contributed by atoms with Crippen molar-refractivity contribution in [2.75, 3.05) is 26.8 Å². The Morgan fingerprint density at radius 2 is 2.29 bits per heavy atom. The smallest absolute Gasteiger partial charge is 0.242 e. The second kappa shape index (κ2) is 4.95. The van der Waals surface area contributed by atoms with E-state index in [4.69, 9.17) is 4.74 Å². The van der Waals surface area contributed by atoms with Gasteiger partial charge in [0.25, 0.3) is 0 Å². The van der Waals surface area contributed by atoms with Crippen LogP contribution in [0, 0.1) is 0 Å². The fourth-order valence-electron chi connectivity index (χ4n) is 1.47. The zero-order valence-corrected chi connectivity index (χ0v) is 8.58. The normalized spacial score (nSPS) is 22.4. The van der Waals surface area contributed by atoms with Gasteiger partial charge in [-0.25, -0.2) is 0 Å². The second-order valence-corrected chi connectivity index (χ2v) is 3.33. The lowest BCUT2D eigenvalue weighted by Gasteiger charge is -2.32. The number of piperazine rings is 1. The number of amides is 2. The molecule has 1 saturated heterocycles. The van der Waals surface area contributed by atoms with Crippen molar-refractivity contribution in [3.63, 3.8) is 0 Å². The van der Waals surface area contributed by atoms with Crippen molar-refractivity contribution in [1.29, 1.82) is 0 Å². The molecule has 1 heterocycles. The number of hydrogen-bond acceptors (Lipinski definition) is 3. The van der Waals surface area contributed by atoms with Crippen molar-refractivity contribution in [3.05, 3.63) is 0 Å². The summed E-state index contributed by atoms with van der Waals surface area (Å²) in [6, 6.07) is -0.354. The summed E-state index contributed by atoms with van der Waals surface area (Å²) in [5, 5.41) is 2.54. The first-order chi connectivity index (χ1) is 6.66. The maximum atomic E-state index is 11.4. The van der Waals surface area contributed by atoms with Crippen molar-refractivity contribution in [1.82, 2.24) is 10.2 Å². The molecule has 1 N–H and O–H groups in total. The molecule has 1 aliphatic heterocycles. The minimum Gasteiger partial charge on any atom is -0.385 e. The van der Waals surface area contributed by atoms with Crippen molar-refractivity contribution in [3.8, 4) is 0 Å². The van der Waals surface area contributed by atoms with Crippen molar-refractivity contribution < 1.29 is 14.3 Å². The van der Waals surface area contributed by atoms with Gasteiger partial charge in [0.05, 0.1) is 6.54 Å². The number of carbonyl (C=O) groups excluding carboxylic acids is 2. The van der Waals surface area contributed by atoms with E-state index in [1.807, 2.05) is 0 Å². The molecule has 5 heteroatoms. The molecule has 5 nitrogen and oxygen atoms in total. The van der Waals surface area contributed by atoms with Crippen LogP contribution in [0.15, 0.2) is 0 Å². The van der Waals surface area contributed by atoms with Crippen LogP contribution in [0.4, 0.5) is 0 Å². The second-order valence-electron chi connectivity index (χ2n) is 3.33. The summed E-state index contributed by atoms with van der Waals surface area (Å²) >= 11 is 0. The molecule has 0 saturated carbocycles. The minimum absolute atomic E-state index is 0.0202. The van der Waals surface area contributed by atoms with E-state index in [-0.39, 0.29) is 24.4 Å². The summed E-state index contributed by atoms with van der Waals surface area (Å²) in [5.74, 6) is -0.102. The number of nitrogens with zero attached hydrogens (tertiary/aromatic N) is 1. The molecule has 0 spiro atoms. The maximum absolute atomic E-state index is 11.4. The van der Waals surface area contributed by atoms with Gasteiger partial charge in [0, 0.05) is 20.3 Å². The van der Waals surface area contributed by atoms with E-state index in [2.05, 4.69) is 5.32 Å². The predicted octanol–water partition coefficient (Wildman–Crippen LogP) is -0.630. The van der Waals surface area contributed by atoms with E-state index in [0.717, 1.165) is 6.42 Å². The fraction of sp³-hybridized carbons (Fsp3) is 0.778. The highest BCUT2D eigenvalue weighted by Crippen LogP contribution is 2.05. The Morgan fingerprint density at radius 1 is 1.57 bits per heavy atom. The molecule has 2 amide bonds. The van der Waals surface area contributed by atoms with E-state index in [9.17, 15) is 9.59 Å². The van der Waals surface area contributed by atoms with E-state index in [0.29, 0.717) is 13.2 Å². The number of hydrogen-bond donors (Lipinski definition) is 1. The molecule has 0 aromatic carbocycles. The lowest BCUT2D eigenvalue weighted by atomic mass is 10.2. The molecule has 0 aromatic rings. The average molecular weight is 200 g/mol. The van der Waals surface area contributed by atoms with E-state index < -0.39 is 0 Å². The SMILES string of the molecule is COCCCN1C(=O)CNC(=O)C1C. The van der Waals surface area contributed by atoms with Gasteiger partial charge in [0.15, 0.2) is 0 Å². The Kier molecular flexibility index (Phi) is 3.88.